The van der Waals surface area contributed by atoms with Gasteiger partial charge in [0, 0.05) is 28.2 Å². The molecule has 0 aromatic carbocycles. The molecule has 0 radical (unpaired) electrons. The zero-order valence-corrected chi connectivity index (χ0v) is 15.7. The number of Topliss-reactive ketones (excluding diaryl/α,β-unsaturated/α-hetero) is 2. The van der Waals surface area contributed by atoms with E-state index < -0.39 is 11.0 Å². The fraction of sp³-hybridized carbons (Fsp3) is 0.688. The van der Waals surface area contributed by atoms with Crippen LogP contribution in [0.2, 0.25) is 5.04 Å². The van der Waals surface area contributed by atoms with Crippen molar-refractivity contribution in [2.45, 2.75) is 52.0 Å². The predicted molar refractivity (Wildman–Crippen MR) is 85.2 cm³/mol. The quantitative estimate of drug-likeness (QED) is 0.254. The van der Waals surface area contributed by atoms with Gasteiger partial charge in [-0.3, -0.25) is 9.59 Å². The van der Waals surface area contributed by atoms with Crippen LogP contribution < -0.4 is 0 Å². The van der Waals surface area contributed by atoms with Crippen molar-refractivity contribution in [3.63, 3.8) is 0 Å². The van der Waals surface area contributed by atoms with Crippen molar-refractivity contribution >= 4 is 27.8 Å². The molecule has 1 fully saturated rings. The maximum atomic E-state index is 12.6. The van der Waals surface area contributed by atoms with E-state index in [0.29, 0.717) is 35.1 Å². The van der Waals surface area contributed by atoms with Crippen molar-refractivity contribution in [3.8, 4) is 0 Å². The minimum absolute atomic E-state index is 0.0710. The molecule has 2 atom stereocenters. The molecule has 0 saturated heterocycles. The number of rotatable bonds is 5. The Bertz CT molecular complexity index is 477. The van der Waals surface area contributed by atoms with E-state index in [0.717, 1.165) is 0 Å². The zero-order chi connectivity index (χ0) is 16.4. The summed E-state index contributed by atoms with van der Waals surface area (Å²) in [7, 11) is 0.553. The minimum atomic E-state index is -0.755. The molecule has 0 spiro atoms. The van der Waals surface area contributed by atoms with Crippen molar-refractivity contribution in [1.29, 1.82) is 0 Å². The summed E-state index contributed by atoms with van der Waals surface area (Å²) in [4.78, 5) is 36.0. The van der Waals surface area contributed by atoms with Gasteiger partial charge in [0.15, 0.2) is 0 Å². The van der Waals surface area contributed by atoms with Crippen LogP contribution in [0.25, 0.3) is 0 Å². The molecule has 0 heterocycles. The Labute approximate surface area is 129 Å². The first-order chi connectivity index (χ1) is 9.50. The van der Waals surface area contributed by atoms with Crippen LogP contribution in [0.3, 0.4) is 0 Å². The first-order valence-corrected chi connectivity index (χ1v) is 8.40. The van der Waals surface area contributed by atoms with Gasteiger partial charge in [-0.15, -0.1) is 0 Å². The van der Waals surface area contributed by atoms with Crippen molar-refractivity contribution in [3.05, 3.63) is 12.2 Å². The summed E-state index contributed by atoms with van der Waals surface area (Å²) in [5, 5.41) is -0.755. The fourth-order valence-corrected chi connectivity index (χ4v) is 3.31. The Morgan fingerprint density at radius 1 is 1.38 bits per heavy atom. The zero-order valence-electron chi connectivity index (χ0n) is 13.7. The highest BCUT2D eigenvalue weighted by atomic mass is 28.1. The fourth-order valence-electron chi connectivity index (χ4n) is 2.78. The second-order valence-electron chi connectivity index (χ2n) is 7.19. The highest BCUT2D eigenvalue weighted by Crippen LogP contribution is 2.47. The second kappa shape index (κ2) is 6.26. The van der Waals surface area contributed by atoms with Crippen molar-refractivity contribution in [1.82, 2.24) is 0 Å². The van der Waals surface area contributed by atoms with E-state index in [4.69, 9.17) is 4.74 Å². The highest BCUT2D eigenvalue weighted by Gasteiger charge is 2.51. The lowest BCUT2D eigenvalue weighted by molar-refractivity contribution is -0.143. The van der Waals surface area contributed by atoms with Gasteiger partial charge in [-0.2, -0.15) is 0 Å². The normalized spacial score (nSPS) is 28.5. The summed E-state index contributed by atoms with van der Waals surface area (Å²) in [6, 6.07) is 0. The van der Waals surface area contributed by atoms with Crippen LogP contribution in [-0.4, -0.2) is 34.4 Å². The van der Waals surface area contributed by atoms with Gasteiger partial charge in [0.1, 0.15) is 11.6 Å². The number of esters is 1. The monoisotopic (exact) mass is 310 g/mol. The summed E-state index contributed by atoms with van der Waals surface area (Å²) in [6.45, 7) is 11.1. The average molecular weight is 310 g/mol. The molecule has 21 heavy (non-hydrogen) atoms. The molecule has 2 unspecified atom stereocenters. The van der Waals surface area contributed by atoms with Crippen LogP contribution in [0.4, 0.5) is 0 Å². The number of ether oxygens (including phenoxy) is 1. The Morgan fingerprint density at radius 2 is 1.95 bits per heavy atom. The minimum Gasteiger partial charge on any atom is -0.462 e. The third-order valence-electron chi connectivity index (χ3n) is 4.41. The summed E-state index contributed by atoms with van der Waals surface area (Å²) in [5.41, 5.74) is 0.0676. The van der Waals surface area contributed by atoms with Crippen LogP contribution in [0, 0.1) is 11.3 Å². The smallest absolute Gasteiger partial charge is 0.333 e. The molecule has 0 amide bonds. The third-order valence-corrected chi connectivity index (χ3v) is 5.46. The number of hydrogen-bond donors (Lipinski definition) is 0. The van der Waals surface area contributed by atoms with Gasteiger partial charge in [0.25, 0.3) is 0 Å². The topological polar surface area (TPSA) is 60.4 Å². The summed E-state index contributed by atoms with van der Waals surface area (Å²) in [5.74, 6) is -0.385. The molecule has 118 valence electrons. The van der Waals surface area contributed by atoms with Crippen molar-refractivity contribution in [2.75, 3.05) is 6.61 Å². The molecule has 0 aromatic rings. The van der Waals surface area contributed by atoms with E-state index in [-0.39, 0.29) is 29.5 Å². The van der Waals surface area contributed by atoms with Gasteiger partial charge in [-0.25, -0.2) is 4.79 Å². The Kier molecular flexibility index (Phi) is 5.31. The SMILES string of the molecule is C=C(C)C(=O)OCCCC1C(=O)C(C)([SiH3])C(=O)CC1(C)C. The average Bonchev–Trinajstić information content (AvgIpc) is 2.35. The van der Waals surface area contributed by atoms with Crippen molar-refractivity contribution in [2.24, 2.45) is 11.3 Å². The van der Waals surface area contributed by atoms with Crippen molar-refractivity contribution < 1.29 is 19.1 Å². The van der Waals surface area contributed by atoms with Gasteiger partial charge in [0.2, 0.25) is 0 Å². The van der Waals surface area contributed by atoms with Gasteiger partial charge in [-0.1, -0.05) is 20.4 Å². The molecule has 0 bridgehead atoms. The molecule has 5 heteroatoms. The first-order valence-electron chi connectivity index (χ1n) is 7.40. The van der Waals surface area contributed by atoms with E-state index in [1.165, 1.54) is 0 Å². The Hall–Kier alpha value is -1.23. The molecular weight excluding hydrogens is 284 g/mol. The van der Waals surface area contributed by atoms with Crippen LogP contribution in [0.1, 0.15) is 47.0 Å². The molecule has 4 nitrogen and oxygen atoms in total. The number of carbonyl (C=O) groups excluding carboxylic acids is 3. The summed E-state index contributed by atoms with van der Waals surface area (Å²) >= 11 is 0. The lowest BCUT2D eigenvalue weighted by Crippen LogP contribution is -2.48. The van der Waals surface area contributed by atoms with Gasteiger partial charge in [-0.05, 0) is 32.1 Å². The second-order valence-corrected chi connectivity index (χ2v) is 9.19. The van der Waals surface area contributed by atoms with Crippen LogP contribution >= 0.6 is 0 Å². The number of carbonyl (C=O) groups is 3. The van der Waals surface area contributed by atoms with E-state index in [1.807, 2.05) is 13.8 Å². The van der Waals surface area contributed by atoms with Gasteiger partial charge in [0.05, 0.1) is 11.6 Å². The first kappa shape index (κ1) is 17.8. The molecule has 1 saturated carbocycles. The number of hydrogen-bond acceptors (Lipinski definition) is 4. The van der Waals surface area contributed by atoms with Crippen LogP contribution in [0.5, 0.6) is 0 Å². The summed E-state index contributed by atoms with van der Waals surface area (Å²) < 4.78 is 5.06. The van der Waals surface area contributed by atoms with Gasteiger partial charge < -0.3 is 4.74 Å². The van der Waals surface area contributed by atoms with E-state index in [9.17, 15) is 14.4 Å². The predicted octanol–water partition coefficient (Wildman–Crippen LogP) is 1.61. The van der Waals surface area contributed by atoms with E-state index >= 15 is 0 Å². The highest BCUT2D eigenvalue weighted by molar-refractivity contribution is 6.42. The van der Waals surface area contributed by atoms with E-state index in [1.54, 1.807) is 13.8 Å². The third kappa shape index (κ3) is 3.90. The Balaban J connectivity index is 2.64. The summed E-state index contributed by atoms with van der Waals surface area (Å²) in [6.07, 6.45) is 1.74. The molecule has 1 aliphatic rings. The largest absolute Gasteiger partial charge is 0.462 e. The van der Waals surface area contributed by atoms with Crippen LogP contribution in [-0.2, 0) is 19.1 Å². The molecule has 1 aliphatic carbocycles. The molecule has 1 rings (SSSR count). The molecular formula is C16H26O4Si. The number of ketones is 2. The Morgan fingerprint density at radius 3 is 2.48 bits per heavy atom. The maximum absolute atomic E-state index is 12.6. The standard InChI is InChI=1S/C16H26O4Si/c1-10(2)14(19)20-8-6-7-11-13(18)16(5,21)12(17)9-15(11,3)4/h11H,1,6-9H2,2-5,21H3. The molecule has 0 N–H and O–H groups in total. The lowest BCUT2D eigenvalue weighted by atomic mass is 9.62. The maximum Gasteiger partial charge on any atom is 0.333 e. The molecule has 0 aromatic heterocycles. The molecule has 0 aliphatic heterocycles. The van der Waals surface area contributed by atoms with Crippen LogP contribution in [0.15, 0.2) is 12.2 Å². The van der Waals surface area contributed by atoms with Gasteiger partial charge >= 0.3 is 5.97 Å². The lowest BCUT2D eigenvalue weighted by Gasteiger charge is -2.43. The van der Waals surface area contributed by atoms with E-state index in [2.05, 4.69) is 6.58 Å².